The first kappa shape index (κ1) is 12.2. The number of imidazole rings is 1. The molecule has 0 N–H and O–H groups in total. The van der Waals surface area contributed by atoms with E-state index in [4.69, 9.17) is 16.0 Å². The summed E-state index contributed by atoms with van der Waals surface area (Å²) in [6.07, 6.45) is 5.18. The minimum atomic E-state index is -0.191. The zero-order valence-electron chi connectivity index (χ0n) is 10.7. The van der Waals surface area contributed by atoms with Gasteiger partial charge >= 0.3 is 0 Å². The predicted octanol–water partition coefficient (Wildman–Crippen LogP) is 3.08. The Balaban J connectivity index is 2.12. The van der Waals surface area contributed by atoms with Gasteiger partial charge < -0.3 is 8.98 Å². The number of hydrogen-bond donors (Lipinski definition) is 0. The molecule has 0 aromatic carbocycles. The number of fused-ring (bicyclic) bond motifs is 1. The quantitative estimate of drug-likeness (QED) is 0.690. The highest BCUT2D eigenvalue weighted by atomic mass is 35.5. The molecule has 0 aliphatic heterocycles. The van der Waals surface area contributed by atoms with Crippen LogP contribution in [0.5, 0.6) is 0 Å². The number of aryl methyl sites for hydroxylation is 1. The molecule has 0 fully saturated rings. The van der Waals surface area contributed by atoms with Crippen LogP contribution in [0.4, 0.5) is 0 Å². The smallest absolute Gasteiger partial charge is 0.214 e. The number of oxazole rings is 1. The number of aromatic nitrogens is 4. The van der Waals surface area contributed by atoms with Crippen LogP contribution < -0.4 is 0 Å². The van der Waals surface area contributed by atoms with Crippen LogP contribution in [0.1, 0.15) is 29.8 Å². The van der Waals surface area contributed by atoms with Crippen LogP contribution in [0, 0.1) is 6.92 Å². The van der Waals surface area contributed by atoms with Gasteiger partial charge in [0.25, 0.3) is 0 Å². The molecular formula is C13H13ClN4O. The molecule has 98 valence electrons. The molecule has 3 rings (SSSR count). The summed E-state index contributed by atoms with van der Waals surface area (Å²) < 4.78 is 7.54. The number of alkyl halides is 1. The van der Waals surface area contributed by atoms with Gasteiger partial charge in [0.2, 0.25) is 5.89 Å². The maximum atomic E-state index is 6.20. The molecule has 0 bridgehead atoms. The summed E-state index contributed by atoms with van der Waals surface area (Å²) in [7, 11) is 0. The Morgan fingerprint density at radius 3 is 2.95 bits per heavy atom. The molecule has 3 heterocycles. The van der Waals surface area contributed by atoms with E-state index < -0.39 is 0 Å². The van der Waals surface area contributed by atoms with E-state index >= 15 is 0 Å². The number of pyridine rings is 1. The van der Waals surface area contributed by atoms with Gasteiger partial charge in [-0.1, -0.05) is 0 Å². The maximum absolute atomic E-state index is 6.20. The highest BCUT2D eigenvalue weighted by molar-refractivity contribution is 6.20. The number of halogens is 1. The van der Waals surface area contributed by atoms with Gasteiger partial charge in [-0.3, -0.25) is 4.98 Å². The summed E-state index contributed by atoms with van der Waals surface area (Å²) in [4.78, 5) is 12.8. The Morgan fingerprint density at radius 2 is 2.26 bits per heavy atom. The molecular weight excluding hydrogens is 264 g/mol. The Bertz CT molecular complexity index is 716. The summed E-state index contributed by atoms with van der Waals surface area (Å²) in [5.41, 5.74) is 1.81. The Hall–Kier alpha value is -1.88. The zero-order valence-corrected chi connectivity index (χ0v) is 11.4. The van der Waals surface area contributed by atoms with Gasteiger partial charge in [0, 0.05) is 6.20 Å². The molecule has 1 unspecified atom stereocenters. The van der Waals surface area contributed by atoms with E-state index in [0.717, 1.165) is 22.6 Å². The van der Waals surface area contributed by atoms with Crippen LogP contribution in [0.25, 0.3) is 11.0 Å². The molecule has 19 heavy (non-hydrogen) atoms. The number of nitrogens with zero attached hydrogens (tertiary/aromatic N) is 4. The summed E-state index contributed by atoms with van der Waals surface area (Å²) in [5.74, 6) is 2.23. The van der Waals surface area contributed by atoms with E-state index in [2.05, 4.69) is 15.0 Å². The first-order valence-electron chi connectivity index (χ1n) is 6.00. The van der Waals surface area contributed by atoms with Crippen molar-refractivity contribution in [1.29, 1.82) is 0 Å². The van der Waals surface area contributed by atoms with Crippen LogP contribution in [-0.2, 0) is 6.54 Å². The lowest BCUT2D eigenvalue weighted by Gasteiger charge is -2.07. The van der Waals surface area contributed by atoms with Crippen molar-refractivity contribution >= 4 is 22.6 Å². The SMILES string of the molecule is Cc1cnc(Cn2c(C(C)Cl)nc3cnccc32)o1. The Kier molecular flexibility index (Phi) is 2.98. The van der Waals surface area contributed by atoms with Crippen molar-refractivity contribution in [3.05, 3.63) is 42.1 Å². The molecule has 0 radical (unpaired) electrons. The highest BCUT2D eigenvalue weighted by Crippen LogP contribution is 2.24. The maximum Gasteiger partial charge on any atom is 0.214 e. The van der Waals surface area contributed by atoms with E-state index in [-0.39, 0.29) is 5.38 Å². The minimum absolute atomic E-state index is 0.191. The van der Waals surface area contributed by atoms with E-state index in [1.165, 1.54) is 0 Å². The molecule has 6 heteroatoms. The average Bonchev–Trinajstić information content (AvgIpc) is 2.95. The van der Waals surface area contributed by atoms with Crippen LogP contribution in [-0.4, -0.2) is 19.5 Å². The molecule has 1 atom stereocenters. The second kappa shape index (κ2) is 4.66. The van der Waals surface area contributed by atoms with Crippen LogP contribution in [0.15, 0.2) is 29.1 Å². The fourth-order valence-corrected chi connectivity index (χ4v) is 2.25. The summed E-state index contributed by atoms with van der Waals surface area (Å²) in [6, 6.07) is 1.92. The molecule has 0 aliphatic carbocycles. The van der Waals surface area contributed by atoms with Crippen LogP contribution >= 0.6 is 11.6 Å². The second-order valence-corrected chi connectivity index (χ2v) is 5.06. The molecule has 0 spiro atoms. The topological polar surface area (TPSA) is 56.7 Å². The third-order valence-corrected chi connectivity index (χ3v) is 3.09. The van der Waals surface area contributed by atoms with Crippen molar-refractivity contribution in [2.24, 2.45) is 0 Å². The van der Waals surface area contributed by atoms with Crippen molar-refractivity contribution in [1.82, 2.24) is 19.5 Å². The fraction of sp³-hybridized carbons (Fsp3) is 0.308. The molecule has 5 nitrogen and oxygen atoms in total. The monoisotopic (exact) mass is 276 g/mol. The van der Waals surface area contributed by atoms with Gasteiger partial charge in [0.15, 0.2) is 0 Å². The Morgan fingerprint density at radius 1 is 1.42 bits per heavy atom. The zero-order chi connectivity index (χ0) is 13.4. The lowest BCUT2D eigenvalue weighted by Crippen LogP contribution is -2.06. The van der Waals surface area contributed by atoms with E-state index in [1.54, 1.807) is 18.6 Å². The predicted molar refractivity (Wildman–Crippen MR) is 72.1 cm³/mol. The molecule has 3 aromatic rings. The van der Waals surface area contributed by atoms with Gasteiger partial charge in [0.05, 0.1) is 23.3 Å². The van der Waals surface area contributed by atoms with Gasteiger partial charge in [-0.2, -0.15) is 0 Å². The third-order valence-electron chi connectivity index (χ3n) is 2.90. The van der Waals surface area contributed by atoms with Crippen LogP contribution in [0.2, 0.25) is 0 Å². The first-order valence-corrected chi connectivity index (χ1v) is 6.44. The summed E-state index contributed by atoms with van der Waals surface area (Å²) >= 11 is 6.20. The lowest BCUT2D eigenvalue weighted by molar-refractivity contribution is 0.456. The van der Waals surface area contributed by atoms with Gasteiger partial charge in [-0.15, -0.1) is 11.6 Å². The van der Waals surface area contributed by atoms with Crippen LogP contribution in [0.3, 0.4) is 0 Å². The molecule has 0 saturated heterocycles. The van der Waals surface area contributed by atoms with Crippen molar-refractivity contribution in [2.75, 3.05) is 0 Å². The Labute approximate surface area is 115 Å². The summed E-state index contributed by atoms with van der Waals surface area (Å²) in [5, 5.41) is -0.191. The standard InChI is InChI=1S/C13H13ClN4O/c1-8-5-16-12(19-8)7-18-11-3-4-15-6-10(11)17-13(18)9(2)14/h3-6,9H,7H2,1-2H3. The highest BCUT2D eigenvalue weighted by Gasteiger charge is 2.16. The first-order chi connectivity index (χ1) is 9.15. The normalized spacial score (nSPS) is 13.0. The largest absolute Gasteiger partial charge is 0.444 e. The van der Waals surface area contributed by atoms with Crippen molar-refractivity contribution < 1.29 is 4.42 Å². The van der Waals surface area contributed by atoms with Crippen molar-refractivity contribution in [3.63, 3.8) is 0 Å². The van der Waals surface area contributed by atoms with Crippen molar-refractivity contribution in [2.45, 2.75) is 25.8 Å². The molecule has 3 aromatic heterocycles. The minimum Gasteiger partial charge on any atom is -0.444 e. The average molecular weight is 277 g/mol. The van der Waals surface area contributed by atoms with Gasteiger partial charge in [-0.05, 0) is 19.9 Å². The lowest BCUT2D eigenvalue weighted by atomic mass is 10.4. The molecule has 0 aliphatic rings. The summed E-state index contributed by atoms with van der Waals surface area (Å²) in [6.45, 7) is 4.28. The second-order valence-electron chi connectivity index (χ2n) is 4.40. The van der Waals surface area contributed by atoms with Crippen molar-refractivity contribution in [3.8, 4) is 0 Å². The van der Waals surface area contributed by atoms with Gasteiger partial charge in [0.1, 0.15) is 23.6 Å². The molecule has 0 saturated carbocycles. The third kappa shape index (κ3) is 2.21. The molecule has 0 amide bonds. The van der Waals surface area contributed by atoms with E-state index in [1.807, 2.05) is 24.5 Å². The van der Waals surface area contributed by atoms with Gasteiger partial charge in [-0.25, -0.2) is 9.97 Å². The fourth-order valence-electron chi connectivity index (χ4n) is 2.08. The number of hydrogen-bond acceptors (Lipinski definition) is 4. The number of rotatable bonds is 3. The van der Waals surface area contributed by atoms with E-state index in [9.17, 15) is 0 Å². The van der Waals surface area contributed by atoms with E-state index in [0.29, 0.717) is 12.4 Å².